The molecule has 2 aliphatic carbocycles. The van der Waals surface area contributed by atoms with Crippen LogP contribution in [0, 0.1) is 0 Å². The Balaban J connectivity index is 0.000000104. The van der Waals surface area contributed by atoms with Crippen LogP contribution in [0.2, 0.25) is 0 Å². The van der Waals surface area contributed by atoms with Gasteiger partial charge in [0.1, 0.15) is 0 Å². The number of nitrogens with zero attached hydrogens (tertiary/aromatic N) is 4. The molecular formula is C90H88N4. The largest absolute Gasteiger partial charge is 0.344 e. The summed E-state index contributed by atoms with van der Waals surface area (Å²) in [6.45, 7) is 28.3. The molecule has 0 saturated heterocycles. The fraction of sp³-hybridized carbons (Fsp3) is 0.244. The predicted octanol–water partition coefficient (Wildman–Crippen LogP) is 23.3. The van der Waals surface area contributed by atoms with Crippen LogP contribution in [-0.4, -0.2) is 28.2 Å². The number of hydrogen-bond donors (Lipinski definition) is 0. The number of fused-ring (bicyclic) bond motifs is 19. The van der Waals surface area contributed by atoms with Gasteiger partial charge in [0.25, 0.3) is 0 Å². The highest BCUT2D eigenvalue weighted by molar-refractivity contribution is 6.01. The Kier molecular flexibility index (Phi) is 13.8. The lowest BCUT2D eigenvalue weighted by Gasteiger charge is -2.43. The molecule has 0 spiro atoms. The molecule has 0 amide bonds. The van der Waals surface area contributed by atoms with E-state index in [0.717, 1.165) is 0 Å². The first-order valence-electron chi connectivity index (χ1n) is 33.8. The van der Waals surface area contributed by atoms with E-state index in [-0.39, 0.29) is 32.5 Å². The first kappa shape index (κ1) is 60.6. The van der Waals surface area contributed by atoms with Crippen molar-refractivity contribution in [2.45, 2.75) is 116 Å². The Bertz CT molecular complexity index is 5040. The molecule has 4 heteroatoms. The molecule has 0 fully saturated rings. The molecule has 4 nitrogen and oxygen atoms in total. The molecule has 6 aliphatic rings. The molecule has 0 unspecified atom stereocenters. The molecule has 0 bridgehead atoms. The maximum atomic E-state index is 2.46. The molecule has 0 atom stereocenters. The summed E-state index contributed by atoms with van der Waals surface area (Å²) in [4.78, 5) is 9.41. The molecule has 468 valence electrons. The quantitative estimate of drug-likeness (QED) is 0.150. The van der Waals surface area contributed by atoms with Gasteiger partial charge in [0.2, 0.25) is 0 Å². The molecule has 0 radical (unpaired) electrons. The number of para-hydroxylation sites is 4. The molecule has 12 aromatic carbocycles. The van der Waals surface area contributed by atoms with Crippen LogP contribution in [0.3, 0.4) is 0 Å². The van der Waals surface area contributed by atoms with Gasteiger partial charge in [0, 0.05) is 106 Å². The van der Waals surface area contributed by atoms with Crippen LogP contribution in [0.5, 0.6) is 0 Å². The molecule has 94 heavy (non-hydrogen) atoms. The maximum absolute atomic E-state index is 2.46. The van der Waals surface area contributed by atoms with Gasteiger partial charge in [-0.2, -0.15) is 0 Å². The highest BCUT2D eigenvalue weighted by Gasteiger charge is 2.46. The van der Waals surface area contributed by atoms with Gasteiger partial charge in [0.15, 0.2) is 0 Å². The first-order valence-corrected chi connectivity index (χ1v) is 33.8. The van der Waals surface area contributed by atoms with E-state index in [9.17, 15) is 0 Å². The van der Waals surface area contributed by atoms with E-state index >= 15 is 0 Å². The second-order valence-electron chi connectivity index (χ2n) is 30.3. The number of hydrogen-bond acceptors (Lipinski definition) is 4. The van der Waals surface area contributed by atoms with Crippen molar-refractivity contribution in [2.24, 2.45) is 0 Å². The fourth-order valence-electron chi connectivity index (χ4n) is 17.9. The van der Waals surface area contributed by atoms with Crippen LogP contribution in [0.1, 0.15) is 150 Å². The van der Waals surface area contributed by atoms with Gasteiger partial charge in [-0.1, -0.05) is 277 Å². The fourth-order valence-corrected chi connectivity index (χ4v) is 17.9. The second kappa shape index (κ2) is 21.5. The Morgan fingerprint density at radius 2 is 0.564 bits per heavy atom. The van der Waals surface area contributed by atoms with Gasteiger partial charge in [-0.25, -0.2) is 0 Å². The summed E-state index contributed by atoms with van der Waals surface area (Å²) in [7, 11) is 8.75. The molecule has 4 aliphatic heterocycles. The summed E-state index contributed by atoms with van der Waals surface area (Å²) in [5.41, 5.74) is 33.5. The van der Waals surface area contributed by atoms with E-state index < -0.39 is 0 Å². The second-order valence-corrected chi connectivity index (χ2v) is 30.3. The third kappa shape index (κ3) is 8.77. The monoisotopic (exact) mass is 1220 g/mol. The van der Waals surface area contributed by atoms with E-state index in [4.69, 9.17) is 0 Å². The standard InChI is InChI=1S/2C25H25N.2C20H19N/c1-24(2)18-11-7-6-10-16(18)17-14-21-23(15-20(17)24)26(5)22-13-9-8-12-19(22)25(21,3)4;1-24(2)18-11-7-6-10-16(18)17-14-15-21-23(22(17)24)25(3,4)19-12-8-9-13-20(19)26(21)5;1-20(2)16-10-6-7-11-18(16)21(3)19-15-9-5-4-8-14(15)12-13-17(19)20;1-20(2)16-10-6-7-11-17(16)21(3)18-13-12-14-8-4-5-9-15(14)19(18)20/h2*6-15H,1-5H3;2*4-13H,1-3H3. The van der Waals surface area contributed by atoms with Crippen molar-refractivity contribution in [3.63, 3.8) is 0 Å². The van der Waals surface area contributed by atoms with Gasteiger partial charge < -0.3 is 19.6 Å². The zero-order valence-electron chi connectivity index (χ0n) is 57.9. The van der Waals surface area contributed by atoms with Gasteiger partial charge in [-0.3, -0.25) is 0 Å². The average molecular weight is 1230 g/mol. The van der Waals surface area contributed by atoms with Crippen molar-refractivity contribution in [2.75, 3.05) is 47.8 Å². The summed E-state index contributed by atoms with van der Waals surface area (Å²) in [5, 5.41) is 5.32. The third-order valence-electron chi connectivity index (χ3n) is 23.0. The van der Waals surface area contributed by atoms with E-state index in [0.29, 0.717) is 0 Å². The molecule has 0 aromatic heterocycles. The van der Waals surface area contributed by atoms with Gasteiger partial charge in [-0.05, 0) is 154 Å². The van der Waals surface area contributed by atoms with Crippen molar-refractivity contribution >= 4 is 67.0 Å². The van der Waals surface area contributed by atoms with E-state index in [1.165, 1.54) is 156 Å². The zero-order valence-corrected chi connectivity index (χ0v) is 57.9. The van der Waals surface area contributed by atoms with Crippen molar-refractivity contribution in [1.82, 2.24) is 0 Å². The lowest BCUT2D eigenvalue weighted by atomic mass is 9.67. The van der Waals surface area contributed by atoms with Crippen LogP contribution in [0.25, 0.3) is 43.8 Å². The summed E-state index contributed by atoms with van der Waals surface area (Å²) in [6, 6.07) is 88.9. The average Bonchev–Trinajstić information content (AvgIpc) is 1.47. The molecule has 4 heterocycles. The Morgan fingerprint density at radius 3 is 1.13 bits per heavy atom. The SMILES string of the molecule is CN1c2ccccc2C(C)(C)c2c1ccc1c2C(C)(C)c2ccccc2-1.CN1c2ccccc2C(C)(C)c2c1ccc1ccccc21.CN1c2ccccc2C(C)(C)c2cc3c(cc21)C(C)(C)c1ccccc1-3.CN1c2ccccc2C(C)(C)c2ccc3ccccc3c21. The number of rotatable bonds is 0. The molecule has 0 N–H and O–H groups in total. The van der Waals surface area contributed by atoms with Crippen LogP contribution in [0.4, 0.5) is 45.5 Å². The van der Waals surface area contributed by atoms with Crippen LogP contribution < -0.4 is 19.6 Å². The smallest absolute Gasteiger partial charge is 0.0529 e. The van der Waals surface area contributed by atoms with Gasteiger partial charge in [0.05, 0.1) is 5.69 Å². The zero-order chi connectivity index (χ0) is 65.8. The molecule has 18 rings (SSSR count). The minimum Gasteiger partial charge on any atom is -0.344 e. The normalized spacial score (nSPS) is 16.9. The third-order valence-corrected chi connectivity index (χ3v) is 23.0. The van der Waals surface area contributed by atoms with Gasteiger partial charge >= 0.3 is 0 Å². The number of anilines is 8. The maximum Gasteiger partial charge on any atom is 0.0529 e. The van der Waals surface area contributed by atoms with E-state index in [1.54, 1.807) is 0 Å². The predicted molar refractivity (Wildman–Crippen MR) is 402 cm³/mol. The summed E-state index contributed by atoms with van der Waals surface area (Å²) >= 11 is 0. The molecule has 12 aromatic rings. The van der Waals surface area contributed by atoms with Crippen molar-refractivity contribution in [3.8, 4) is 22.3 Å². The Morgan fingerprint density at radius 1 is 0.202 bits per heavy atom. The van der Waals surface area contributed by atoms with E-state index in [2.05, 4.69) is 374 Å². The highest BCUT2D eigenvalue weighted by atomic mass is 15.1. The molecule has 0 saturated carbocycles. The lowest BCUT2D eigenvalue weighted by Crippen LogP contribution is -2.34. The lowest BCUT2D eigenvalue weighted by molar-refractivity contribution is 0.582. The minimum atomic E-state index is -0.0247. The first-order chi connectivity index (χ1) is 44.9. The van der Waals surface area contributed by atoms with Crippen LogP contribution in [-0.2, 0) is 32.5 Å². The van der Waals surface area contributed by atoms with Crippen LogP contribution in [0.15, 0.2) is 243 Å². The van der Waals surface area contributed by atoms with E-state index in [1.807, 2.05) is 0 Å². The number of benzene rings is 12. The minimum absolute atomic E-state index is 0.00482. The topological polar surface area (TPSA) is 13.0 Å². The highest BCUT2D eigenvalue weighted by Crippen LogP contribution is 2.60. The van der Waals surface area contributed by atoms with Gasteiger partial charge in [-0.15, -0.1) is 0 Å². The Labute approximate surface area is 558 Å². The summed E-state index contributed by atoms with van der Waals surface area (Å²) in [6.07, 6.45) is 0. The summed E-state index contributed by atoms with van der Waals surface area (Å²) < 4.78 is 0. The van der Waals surface area contributed by atoms with Crippen molar-refractivity contribution in [1.29, 1.82) is 0 Å². The van der Waals surface area contributed by atoms with Crippen molar-refractivity contribution < 1.29 is 0 Å². The molecular weight excluding hydrogens is 1140 g/mol. The summed E-state index contributed by atoms with van der Waals surface area (Å²) in [5.74, 6) is 0. The van der Waals surface area contributed by atoms with Crippen LogP contribution >= 0.6 is 0 Å². The Hall–Kier alpha value is -9.64. The van der Waals surface area contributed by atoms with Crippen molar-refractivity contribution in [3.05, 3.63) is 309 Å².